The van der Waals surface area contributed by atoms with Gasteiger partial charge in [0.25, 0.3) is 0 Å². The largest absolute Gasteiger partial charge is 0.456 e. The van der Waals surface area contributed by atoms with Crippen LogP contribution in [0.15, 0.2) is 132 Å². The monoisotopic (exact) mass is 590 g/mol. The quantitative estimate of drug-likeness (QED) is 0.192. The molecule has 0 amide bonds. The number of benzene rings is 7. The van der Waals surface area contributed by atoms with E-state index in [-0.39, 0.29) is 0 Å². The van der Waals surface area contributed by atoms with Crippen LogP contribution in [0.25, 0.3) is 88.0 Å². The second-order valence-corrected chi connectivity index (χ2v) is 12.4. The summed E-state index contributed by atoms with van der Waals surface area (Å²) < 4.78 is 6.30. The number of nitrogens with zero attached hydrogens (tertiary/aromatic N) is 2. The first-order valence-electron chi connectivity index (χ1n) is 15.7. The fourth-order valence-corrected chi connectivity index (χ4v) is 7.37. The highest BCUT2D eigenvalue weighted by Gasteiger charge is 2.15. The van der Waals surface area contributed by atoms with Crippen molar-refractivity contribution in [2.75, 3.05) is 0 Å². The van der Waals surface area contributed by atoms with Crippen molar-refractivity contribution in [2.45, 2.75) is 20.8 Å². The van der Waals surface area contributed by atoms with E-state index in [0.29, 0.717) is 0 Å². The Balaban J connectivity index is 1.17. The van der Waals surface area contributed by atoms with Crippen LogP contribution in [0.3, 0.4) is 0 Å². The van der Waals surface area contributed by atoms with Crippen LogP contribution in [0.2, 0.25) is 0 Å². The Kier molecular flexibility index (Phi) is 5.85. The summed E-state index contributed by atoms with van der Waals surface area (Å²) in [5, 5.41) is 6.89. The zero-order valence-corrected chi connectivity index (χ0v) is 25.9. The molecule has 0 radical (unpaired) electrons. The molecule has 9 aromatic rings. The third kappa shape index (κ3) is 4.13. The van der Waals surface area contributed by atoms with E-state index in [9.17, 15) is 0 Å². The molecule has 0 atom stereocenters. The number of hydrogen-bond donors (Lipinski definition) is 0. The van der Waals surface area contributed by atoms with Crippen molar-refractivity contribution in [3.63, 3.8) is 0 Å². The summed E-state index contributed by atoms with van der Waals surface area (Å²) in [7, 11) is 0. The van der Waals surface area contributed by atoms with Crippen molar-refractivity contribution in [2.24, 2.45) is 0 Å². The van der Waals surface area contributed by atoms with Gasteiger partial charge >= 0.3 is 0 Å². The lowest BCUT2D eigenvalue weighted by Gasteiger charge is -2.12. The third-order valence-corrected chi connectivity index (χ3v) is 9.35. The fraction of sp³-hybridized carbons (Fsp3) is 0.0698. The summed E-state index contributed by atoms with van der Waals surface area (Å²) in [6, 6.07) is 43.1. The minimum Gasteiger partial charge on any atom is -0.456 e. The third-order valence-electron chi connectivity index (χ3n) is 9.35. The summed E-state index contributed by atoms with van der Waals surface area (Å²) in [6.07, 6.45) is 1.91. The SMILES string of the molecule is Cc1cc(C)c(-c2ccc3oc4ccc(-c5cccc(-c6cnc7c8ccccc8c8ccccc8c7n6)c5)cc4c3c2)c(C)c1. The lowest BCUT2D eigenvalue weighted by molar-refractivity contribution is 0.669. The normalized spacial score (nSPS) is 11.8. The van der Waals surface area contributed by atoms with E-state index < -0.39 is 0 Å². The maximum absolute atomic E-state index is 6.30. The van der Waals surface area contributed by atoms with E-state index in [1.54, 1.807) is 0 Å². The number of fused-ring (bicyclic) bond motifs is 9. The molecule has 0 saturated carbocycles. The Bertz CT molecular complexity index is 2620. The Morgan fingerprint density at radius 1 is 0.457 bits per heavy atom. The number of hydrogen-bond acceptors (Lipinski definition) is 3. The summed E-state index contributed by atoms with van der Waals surface area (Å²) in [5.41, 5.74) is 14.2. The maximum atomic E-state index is 6.30. The van der Waals surface area contributed by atoms with Gasteiger partial charge in [0.05, 0.1) is 22.9 Å². The Labute approximate surface area is 266 Å². The van der Waals surface area contributed by atoms with Crippen molar-refractivity contribution in [3.8, 4) is 33.5 Å². The van der Waals surface area contributed by atoms with Gasteiger partial charge in [-0.3, -0.25) is 4.98 Å². The van der Waals surface area contributed by atoms with Crippen LogP contribution in [0.5, 0.6) is 0 Å². The maximum Gasteiger partial charge on any atom is 0.135 e. The minimum absolute atomic E-state index is 0.859. The van der Waals surface area contributed by atoms with Gasteiger partial charge in [-0.05, 0) is 95.3 Å². The van der Waals surface area contributed by atoms with Crippen LogP contribution >= 0.6 is 0 Å². The van der Waals surface area contributed by atoms with Gasteiger partial charge in [-0.25, -0.2) is 4.98 Å². The second kappa shape index (κ2) is 10.1. The predicted molar refractivity (Wildman–Crippen MR) is 192 cm³/mol. The lowest BCUT2D eigenvalue weighted by Crippen LogP contribution is -1.92. The van der Waals surface area contributed by atoms with Crippen LogP contribution in [-0.2, 0) is 0 Å². The molecule has 46 heavy (non-hydrogen) atoms. The molecule has 0 saturated heterocycles. The van der Waals surface area contributed by atoms with Crippen LogP contribution < -0.4 is 0 Å². The zero-order chi connectivity index (χ0) is 30.9. The lowest BCUT2D eigenvalue weighted by atomic mass is 9.93. The van der Waals surface area contributed by atoms with Gasteiger partial charge in [-0.2, -0.15) is 0 Å². The molecule has 0 bridgehead atoms. The first kappa shape index (κ1) is 26.6. The molecular weight excluding hydrogens is 560 g/mol. The standard InChI is InChI=1S/C43H30N2O/c1-25-19-26(2)41(27(3)20-25)31-16-18-40-37(23-31)36-22-29(15-17-39(36)46-40)28-9-8-10-30(21-28)38-24-44-42-34-13-6-4-11-32(34)33-12-5-7-14-35(33)43(42)45-38/h4-24H,1-3H3. The van der Waals surface area contributed by atoms with Gasteiger partial charge in [-0.15, -0.1) is 0 Å². The average Bonchev–Trinajstić information content (AvgIpc) is 3.45. The molecule has 0 aliphatic rings. The van der Waals surface area contributed by atoms with E-state index in [2.05, 4.69) is 142 Å². The van der Waals surface area contributed by atoms with Crippen LogP contribution in [0.4, 0.5) is 0 Å². The van der Waals surface area contributed by atoms with Gasteiger partial charge in [0.1, 0.15) is 11.2 Å². The van der Waals surface area contributed by atoms with Crippen molar-refractivity contribution in [1.82, 2.24) is 9.97 Å². The topological polar surface area (TPSA) is 38.9 Å². The number of furan rings is 1. The highest BCUT2D eigenvalue weighted by molar-refractivity contribution is 6.23. The van der Waals surface area contributed by atoms with Crippen molar-refractivity contribution < 1.29 is 4.42 Å². The molecular formula is C43H30N2O. The molecule has 218 valence electrons. The summed E-state index contributed by atoms with van der Waals surface area (Å²) in [6.45, 7) is 6.55. The highest BCUT2D eigenvalue weighted by Crippen LogP contribution is 2.38. The molecule has 0 fully saturated rings. The first-order valence-corrected chi connectivity index (χ1v) is 15.7. The Morgan fingerprint density at radius 3 is 1.72 bits per heavy atom. The van der Waals surface area contributed by atoms with E-state index in [4.69, 9.17) is 14.4 Å². The molecule has 0 spiro atoms. The van der Waals surface area contributed by atoms with Crippen LogP contribution in [0.1, 0.15) is 16.7 Å². The van der Waals surface area contributed by atoms with E-state index in [0.717, 1.165) is 66.1 Å². The van der Waals surface area contributed by atoms with Gasteiger partial charge in [0, 0.05) is 27.1 Å². The smallest absolute Gasteiger partial charge is 0.135 e. The Morgan fingerprint density at radius 2 is 1.02 bits per heavy atom. The van der Waals surface area contributed by atoms with E-state index >= 15 is 0 Å². The molecule has 3 nitrogen and oxygen atoms in total. The molecule has 0 N–H and O–H groups in total. The summed E-state index contributed by atoms with van der Waals surface area (Å²) >= 11 is 0. The molecule has 0 unspecified atom stereocenters. The molecule has 2 aromatic heterocycles. The van der Waals surface area contributed by atoms with Crippen molar-refractivity contribution in [1.29, 1.82) is 0 Å². The van der Waals surface area contributed by atoms with Gasteiger partial charge in [0.15, 0.2) is 0 Å². The van der Waals surface area contributed by atoms with Crippen molar-refractivity contribution >= 4 is 54.5 Å². The summed E-state index contributed by atoms with van der Waals surface area (Å²) in [4.78, 5) is 10.2. The first-order chi connectivity index (χ1) is 22.5. The number of aromatic nitrogens is 2. The van der Waals surface area contributed by atoms with Crippen molar-refractivity contribution in [3.05, 3.63) is 144 Å². The van der Waals surface area contributed by atoms with Crippen LogP contribution in [-0.4, -0.2) is 9.97 Å². The van der Waals surface area contributed by atoms with Gasteiger partial charge in [-0.1, -0.05) is 96.6 Å². The molecule has 0 aliphatic heterocycles. The average molecular weight is 591 g/mol. The number of rotatable bonds is 3. The van der Waals surface area contributed by atoms with E-state index in [1.165, 1.54) is 38.6 Å². The minimum atomic E-state index is 0.859. The molecule has 0 aliphatic carbocycles. The van der Waals surface area contributed by atoms with Gasteiger partial charge in [0.2, 0.25) is 0 Å². The number of aryl methyl sites for hydroxylation is 3. The van der Waals surface area contributed by atoms with Gasteiger partial charge < -0.3 is 4.42 Å². The molecule has 9 rings (SSSR count). The summed E-state index contributed by atoms with van der Waals surface area (Å²) in [5.74, 6) is 0. The molecule has 2 heterocycles. The second-order valence-electron chi connectivity index (χ2n) is 12.4. The van der Waals surface area contributed by atoms with E-state index in [1.807, 2.05) is 6.20 Å². The highest BCUT2D eigenvalue weighted by atomic mass is 16.3. The van der Waals surface area contributed by atoms with Crippen LogP contribution in [0, 0.1) is 20.8 Å². The molecule has 3 heteroatoms. The predicted octanol–water partition coefficient (Wildman–Crippen LogP) is 11.8. The zero-order valence-electron chi connectivity index (χ0n) is 25.9. The molecule has 7 aromatic carbocycles. The fourth-order valence-electron chi connectivity index (χ4n) is 7.37. The Hall–Kier alpha value is -5.80.